The van der Waals surface area contributed by atoms with Crippen LogP contribution >= 0.6 is 0 Å². The Hall–Kier alpha value is -2.46. The number of likely N-dealkylation sites (tertiary alicyclic amines) is 1. The summed E-state index contributed by atoms with van der Waals surface area (Å²) in [4.78, 5) is 16.5. The molecule has 0 saturated carbocycles. The van der Waals surface area contributed by atoms with Crippen LogP contribution in [0.2, 0.25) is 0 Å². The number of hydrogen-bond donors (Lipinski definition) is 2. The molecule has 2 heterocycles. The highest BCUT2D eigenvalue weighted by molar-refractivity contribution is 5.94. The van der Waals surface area contributed by atoms with Crippen LogP contribution in [-0.4, -0.2) is 72.6 Å². The molecule has 2 fully saturated rings. The molecule has 0 aliphatic carbocycles. The number of hydrogen-bond acceptors (Lipinski definition) is 5. The third kappa shape index (κ3) is 5.92. The number of amides is 1. The maximum Gasteiger partial charge on any atom is 0.416 e. The third-order valence-electron chi connectivity index (χ3n) is 6.26. The summed E-state index contributed by atoms with van der Waals surface area (Å²) in [6.07, 6.45) is -4.69. The van der Waals surface area contributed by atoms with Gasteiger partial charge in [0.2, 0.25) is 0 Å². The van der Waals surface area contributed by atoms with Crippen molar-refractivity contribution in [2.24, 2.45) is 0 Å². The van der Waals surface area contributed by atoms with E-state index in [0.29, 0.717) is 51.4 Å². The lowest BCUT2D eigenvalue weighted by Crippen LogP contribution is -2.59. The van der Waals surface area contributed by atoms with Gasteiger partial charge in [0.25, 0.3) is 5.91 Å². The number of piperidine rings is 1. The zero-order valence-corrected chi connectivity index (χ0v) is 18.2. The lowest BCUT2D eigenvalue weighted by Gasteiger charge is -2.44. The van der Waals surface area contributed by atoms with Crippen LogP contribution in [0.1, 0.15) is 33.8 Å². The molecule has 1 amide bonds. The number of rotatable bonds is 5. The van der Waals surface area contributed by atoms with Crippen molar-refractivity contribution in [1.82, 2.24) is 15.1 Å². The number of nitrogens with zero attached hydrogens (tertiary/aromatic N) is 2. The van der Waals surface area contributed by atoms with Crippen LogP contribution in [0.4, 0.5) is 13.2 Å². The summed E-state index contributed by atoms with van der Waals surface area (Å²) in [7, 11) is 0. The number of carbonyl (C=O) groups is 1. The summed E-state index contributed by atoms with van der Waals surface area (Å²) in [5.74, 6) is -0.354. The first-order chi connectivity index (χ1) is 15.8. The number of benzene rings is 2. The Bertz CT molecular complexity index is 918. The molecule has 2 N–H and O–H groups in total. The number of aliphatic hydroxyl groups excluding tert-OH is 1. The molecule has 2 aromatic rings. The zero-order chi connectivity index (χ0) is 23.4. The lowest BCUT2D eigenvalue weighted by molar-refractivity contribution is -0.148. The van der Waals surface area contributed by atoms with Gasteiger partial charge in [-0.2, -0.15) is 13.2 Å². The molecule has 4 rings (SSSR count). The average Bonchev–Trinajstić information content (AvgIpc) is 2.84. The highest BCUT2D eigenvalue weighted by Gasteiger charge is 2.36. The minimum Gasteiger partial charge on any atom is -0.379 e. The van der Waals surface area contributed by atoms with Gasteiger partial charge in [-0.25, -0.2) is 0 Å². The molecule has 178 valence electrons. The minimum absolute atomic E-state index is 0.141. The fraction of sp³-hybridized carbons (Fsp3) is 0.458. The second kappa shape index (κ2) is 10.2. The van der Waals surface area contributed by atoms with E-state index in [9.17, 15) is 23.1 Å². The van der Waals surface area contributed by atoms with E-state index in [1.165, 1.54) is 12.1 Å². The van der Waals surface area contributed by atoms with E-state index >= 15 is 0 Å². The van der Waals surface area contributed by atoms with Gasteiger partial charge in [0.05, 0.1) is 18.8 Å². The van der Waals surface area contributed by atoms with Crippen molar-refractivity contribution >= 4 is 5.91 Å². The van der Waals surface area contributed by atoms with Crippen LogP contribution in [0.3, 0.4) is 0 Å². The first-order valence-corrected chi connectivity index (χ1v) is 11.1. The van der Waals surface area contributed by atoms with Crippen molar-refractivity contribution in [3.05, 3.63) is 71.3 Å². The molecule has 9 heteroatoms. The molecule has 0 radical (unpaired) electrons. The van der Waals surface area contributed by atoms with Crippen molar-refractivity contribution in [2.75, 3.05) is 39.4 Å². The van der Waals surface area contributed by atoms with E-state index in [1.54, 1.807) is 24.3 Å². The largest absolute Gasteiger partial charge is 0.416 e. The van der Waals surface area contributed by atoms with Crippen molar-refractivity contribution in [3.63, 3.8) is 0 Å². The van der Waals surface area contributed by atoms with Gasteiger partial charge >= 0.3 is 6.18 Å². The highest BCUT2D eigenvalue weighted by Crippen LogP contribution is 2.33. The van der Waals surface area contributed by atoms with Gasteiger partial charge < -0.3 is 15.2 Å². The lowest BCUT2D eigenvalue weighted by atomic mass is 9.87. The first-order valence-electron chi connectivity index (χ1n) is 11.1. The Labute approximate surface area is 190 Å². The quantitative estimate of drug-likeness (QED) is 0.714. The van der Waals surface area contributed by atoms with E-state index in [2.05, 4.69) is 5.32 Å². The normalized spacial score (nSPS) is 23.8. The molecule has 3 atom stereocenters. The monoisotopic (exact) mass is 463 g/mol. The molecular weight excluding hydrogens is 435 g/mol. The van der Waals surface area contributed by atoms with Crippen LogP contribution in [-0.2, 0) is 10.9 Å². The Balaban J connectivity index is 1.53. The standard InChI is InChI=1S/C24H28F3N3O3/c25-24(26,27)20-8-6-17(7-9-20)19-14-21(28-22(31)18-4-2-1-3-5-18)16-30(15-19)23(32)29-10-12-33-13-11-29/h1-9,19,21,23,32H,10-16H2,(H,28,31). The molecule has 6 nitrogen and oxygen atoms in total. The van der Waals surface area contributed by atoms with E-state index in [0.717, 1.165) is 17.7 Å². The molecule has 2 aromatic carbocycles. The summed E-state index contributed by atoms with van der Waals surface area (Å²) in [5.41, 5.74) is 0.594. The van der Waals surface area contributed by atoms with Crippen molar-refractivity contribution < 1.29 is 27.8 Å². The van der Waals surface area contributed by atoms with Gasteiger partial charge in [-0.1, -0.05) is 30.3 Å². The predicted molar refractivity (Wildman–Crippen MR) is 116 cm³/mol. The maximum absolute atomic E-state index is 13.0. The van der Waals surface area contributed by atoms with Crippen LogP contribution in [0, 0.1) is 0 Å². The fourth-order valence-electron chi connectivity index (χ4n) is 4.51. The third-order valence-corrected chi connectivity index (χ3v) is 6.26. The first kappa shape index (κ1) is 23.7. The van der Waals surface area contributed by atoms with Crippen LogP contribution in [0.15, 0.2) is 54.6 Å². The van der Waals surface area contributed by atoms with Gasteiger partial charge in [0, 0.05) is 37.8 Å². The maximum atomic E-state index is 13.0. The summed E-state index contributed by atoms with van der Waals surface area (Å²) >= 11 is 0. The van der Waals surface area contributed by atoms with Crippen molar-refractivity contribution in [2.45, 2.75) is 30.9 Å². The smallest absolute Gasteiger partial charge is 0.379 e. The molecular formula is C24H28F3N3O3. The molecule has 0 bridgehead atoms. The average molecular weight is 464 g/mol. The van der Waals surface area contributed by atoms with Crippen LogP contribution < -0.4 is 5.32 Å². The van der Waals surface area contributed by atoms with E-state index < -0.39 is 18.1 Å². The zero-order valence-electron chi connectivity index (χ0n) is 18.2. The molecule has 2 aliphatic heterocycles. The molecule has 3 unspecified atom stereocenters. The van der Waals surface area contributed by atoms with Crippen LogP contribution in [0.5, 0.6) is 0 Å². The van der Waals surface area contributed by atoms with Gasteiger partial charge in [0.1, 0.15) is 0 Å². The molecule has 2 saturated heterocycles. The fourth-order valence-corrected chi connectivity index (χ4v) is 4.51. The van der Waals surface area contributed by atoms with Crippen LogP contribution in [0.25, 0.3) is 0 Å². The Morgan fingerprint density at radius 3 is 2.30 bits per heavy atom. The number of aliphatic hydroxyl groups is 1. The summed E-state index contributed by atoms with van der Waals surface area (Å²) in [5, 5.41) is 14.1. The Morgan fingerprint density at radius 1 is 1.00 bits per heavy atom. The van der Waals surface area contributed by atoms with Gasteiger partial charge in [-0.15, -0.1) is 0 Å². The number of ether oxygens (including phenoxy) is 1. The van der Waals surface area contributed by atoms with Gasteiger partial charge in [0.15, 0.2) is 6.35 Å². The Morgan fingerprint density at radius 2 is 1.67 bits per heavy atom. The van der Waals surface area contributed by atoms with Crippen molar-refractivity contribution in [1.29, 1.82) is 0 Å². The van der Waals surface area contributed by atoms with Gasteiger partial charge in [-0.3, -0.25) is 14.6 Å². The Kier molecular flexibility index (Phi) is 7.33. The molecule has 0 spiro atoms. The summed E-state index contributed by atoms with van der Waals surface area (Å²) < 4.78 is 44.4. The number of nitrogens with one attached hydrogen (secondary N) is 1. The van der Waals surface area contributed by atoms with Crippen molar-refractivity contribution in [3.8, 4) is 0 Å². The number of halogens is 3. The predicted octanol–water partition coefficient (Wildman–Crippen LogP) is 2.90. The second-order valence-electron chi connectivity index (χ2n) is 8.54. The highest BCUT2D eigenvalue weighted by atomic mass is 19.4. The molecule has 0 aromatic heterocycles. The summed E-state index contributed by atoms with van der Waals surface area (Å²) in [6.45, 7) is 3.14. The minimum atomic E-state index is -4.39. The van der Waals surface area contributed by atoms with E-state index in [-0.39, 0.29) is 17.9 Å². The van der Waals surface area contributed by atoms with E-state index in [1.807, 2.05) is 15.9 Å². The number of alkyl halides is 3. The molecule has 33 heavy (non-hydrogen) atoms. The molecule has 2 aliphatic rings. The van der Waals surface area contributed by atoms with E-state index in [4.69, 9.17) is 4.74 Å². The second-order valence-corrected chi connectivity index (χ2v) is 8.54. The topological polar surface area (TPSA) is 65.0 Å². The summed E-state index contributed by atoms with van der Waals surface area (Å²) in [6, 6.07) is 13.8. The van der Waals surface area contributed by atoms with Gasteiger partial charge in [-0.05, 0) is 42.2 Å². The number of morpholine rings is 1. The number of carbonyl (C=O) groups excluding carboxylic acids is 1. The SMILES string of the molecule is O=C(NC1CC(c2ccc(C(F)(F)F)cc2)CN(C(O)N2CCOCC2)C1)c1ccccc1.